The Bertz CT molecular complexity index is 587. The summed E-state index contributed by atoms with van der Waals surface area (Å²) in [5, 5.41) is 10.3. The van der Waals surface area contributed by atoms with Crippen LogP contribution in [-0.4, -0.2) is 26.6 Å². The third kappa shape index (κ3) is 3.71. The third-order valence-corrected chi connectivity index (χ3v) is 3.53. The molecular formula is C10H10FN3O3S. The van der Waals surface area contributed by atoms with Gasteiger partial charge in [-0.05, 0) is 18.2 Å². The van der Waals surface area contributed by atoms with Gasteiger partial charge in [-0.15, -0.1) is 0 Å². The van der Waals surface area contributed by atoms with E-state index in [9.17, 15) is 17.6 Å². The lowest BCUT2D eigenvalue weighted by Gasteiger charge is -2.05. The lowest BCUT2D eigenvalue weighted by atomic mass is 10.3. The minimum absolute atomic E-state index is 0.0500. The fraction of sp³-hybridized carbons (Fsp3) is 0.200. The second-order valence-electron chi connectivity index (χ2n) is 3.41. The number of halogens is 1. The van der Waals surface area contributed by atoms with Crippen LogP contribution in [0.2, 0.25) is 0 Å². The highest BCUT2D eigenvalue weighted by atomic mass is 32.2. The number of nitrogens with one attached hydrogen (secondary N) is 1. The van der Waals surface area contributed by atoms with E-state index in [1.807, 2.05) is 0 Å². The van der Waals surface area contributed by atoms with E-state index in [2.05, 4.69) is 5.32 Å². The molecule has 0 spiro atoms. The molecule has 1 aromatic rings. The van der Waals surface area contributed by atoms with E-state index < -0.39 is 27.3 Å². The van der Waals surface area contributed by atoms with Gasteiger partial charge in [-0.25, -0.2) is 12.8 Å². The maximum absolute atomic E-state index is 13.0. The van der Waals surface area contributed by atoms with Crippen molar-refractivity contribution in [2.24, 2.45) is 0 Å². The second kappa shape index (κ2) is 5.46. The Labute approximate surface area is 103 Å². The first-order valence-corrected chi connectivity index (χ1v) is 6.43. The summed E-state index contributed by atoms with van der Waals surface area (Å²) in [6.45, 7) is -0.292. The fourth-order valence-corrected chi connectivity index (χ4v) is 2.43. The van der Waals surface area contributed by atoms with Gasteiger partial charge in [-0.3, -0.25) is 4.79 Å². The monoisotopic (exact) mass is 271 g/mol. The number of carbonyl (C=O) groups is 1. The van der Waals surface area contributed by atoms with Crippen LogP contribution < -0.4 is 11.1 Å². The lowest BCUT2D eigenvalue weighted by molar-refractivity contribution is -0.118. The number of nitrogens with zero attached hydrogens (tertiary/aromatic N) is 1. The van der Waals surface area contributed by atoms with Crippen molar-refractivity contribution in [2.75, 3.05) is 18.0 Å². The number of benzene rings is 1. The maximum atomic E-state index is 13.0. The van der Waals surface area contributed by atoms with Gasteiger partial charge in [-0.2, -0.15) is 5.26 Å². The first-order chi connectivity index (χ1) is 8.35. The van der Waals surface area contributed by atoms with Gasteiger partial charge >= 0.3 is 0 Å². The van der Waals surface area contributed by atoms with Gasteiger partial charge in [0.25, 0.3) is 0 Å². The molecule has 8 heteroatoms. The molecule has 6 nitrogen and oxygen atoms in total. The molecule has 0 saturated carbocycles. The van der Waals surface area contributed by atoms with Crippen molar-refractivity contribution in [1.82, 2.24) is 5.32 Å². The Morgan fingerprint density at radius 1 is 1.44 bits per heavy atom. The highest BCUT2D eigenvalue weighted by Gasteiger charge is 2.20. The normalized spacial score (nSPS) is 10.7. The molecule has 0 bridgehead atoms. The predicted molar refractivity (Wildman–Crippen MR) is 61.5 cm³/mol. The van der Waals surface area contributed by atoms with Gasteiger partial charge in [0.15, 0.2) is 9.84 Å². The topological polar surface area (TPSA) is 113 Å². The van der Waals surface area contributed by atoms with Crippen molar-refractivity contribution in [3.05, 3.63) is 24.0 Å². The van der Waals surface area contributed by atoms with Gasteiger partial charge in [0.2, 0.25) is 5.91 Å². The summed E-state index contributed by atoms with van der Waals surface area (Å²) in [7, 11) is -3.98. The molecular weight excluding hydrogens is 261 g/mol. The van der Waals surface area contributed by atoms with Crippen LogP contribution >= 0.6 is 0 Å². The van der Waals surface area contributed by atoms with Gasteiger partial charge in [0.05, 0.1) is 11.0 Å². The molecule has 3 N–H and O–H groups in total. The number of nitrogen functional groups attached to an aromatic ring is 1. The number of sulfone groups is 1. The van der Waals surface area contributed by atoms with E-state index in [1.165, 1.54) is 0 Å². The van der Waals surface area contributed by atoms with Gasteiger partial charge in [0.1, 0.15) is 18.1 Å². The molecule has 0 aliphatic rings. The number of carbonyl (C=O) groups excluding carboxylic acids is 1. The Hall–Kier alpha value is -2.14. The van der Waals surface area contributed by atoms with E-state index in [0.717, 1.165) is 18.2 Å². The van der Waals surface area contributed by atoms with Gasteiger partial charge in [-0.1, -0.05) is 0 Å². The fourth-order valence-electron chi connectivity index (χ4n) is 1.21. The number of hydrogen-bond acceptors (Lipinski definition) is 5. The minimum atomic E-state index is -3.98. The summed E-state index contributed by atoms with van der Waals surface area (Å²) in [6.07, 6.45) is 0. The Kier molecular flexibility index (Phi) is 4.23. The largest absolute Gasteiger partial charge is 0.399 e. The van der Waals surface area contributed by atoms with Crippen LogP contribution in [0.3, 0.4) is 0 Å². The standard InChI is InChI=1S/C10H10FN3O3S/c11-7-3-8(13)5-9(4-7)18(16,17)6-10(15)14-2-1-12/h3-5H,2,6,13H2,(H,14,15). The summed E-state index contributed by atoms with van der Waals surface area (Å²) in [4.78, 5) is 10.8. The first-order valence-electron chi connectivity index (χ1n) is 4.77. The molecule has 0 radical (unpaired) electrons. The van der Waals surface area contributed by atoms with Crippen LogP contribution in [0.1, 0.15) is 0 Å². The van der Waals surface area contributed by atoms with Gasteiger partial charge in [0, 0.05) is 5.69 Å². The molecule has 96 valence electrons. The van der Waals surface area contributed by atoms with Crippen LogP contribution in [0.15, 0.2) is 23.1 Å². The SMILES string of the molecule is N#CCNC(=O)CS(=O)(=O)c1cc(N)cc(F)c1. The highest BCUT2D eigenvalue weighted by Crippen LogP contribution is 2.17. The van der Waals surface area contributed by atoms with E-state index in [0.29, 0.717) is 0 Å². The summed E-state index contributed by atoms with van der Waals surface area (Å²) >= 11 is 0. The van der Waals surface area contributed by atoms with E-state index >= 15 is 0 Å². The lowest BCUT2D eigenvalue weighted by Crippen LogP contribution is -2.30. The average molecular weight is 271 g/mol. The summed E-state index contributed by atoms with van der Waals surface area (Å²) in [6, 6.07) is 4.45. The zero-order chi connectivity index (χ0) is 13.8. The van der Waals surface area contributed by atoms with Gasteiger partial charge < -0.3 is 11.1 Å². The Morgan fingerprint density at radius 3 is 2.67 bits per heavy atom. The molecule has 1 rings (SSSR count). The molecule has 1 amide bonds. The molecule has 1 aromatic carbocycles. The van der Waals surface area contributed by atoms with Crippen LogP contribution in [0.25, 0.3) is 0 Å². The minimum Gasteiger partial charge on any atom is -0.399 e. The van der Waals surface area contributed by atoms with Crippen molar-refractivity contribution in [1.29, 1.82) is 5.26 Å². The molecule has 0 saturated heterocycles. The van der Waals surface area contributed by atoms with Crippen molar-refractivity contribution >= 4 is 21.4 Å². The predicted octanol–water partition coefficient (Wildman–Crippen LogP) is -0.179. The number of rotatable bonds is 4. The van der Waals surface area contributed by atoms with Crippen molar-refractivity contribution in [3.63, 3.8) is 0 Å². The Balaban J connectivity index is 2.93. The molecule has 0 atom stereocenters. The second-order valence-corrected chi connectivity index (χ2v) is 5.40. The van der Waals surface area contributed by atoms with Crippen LogP contribution in [0.4, 0.5) is 10.1 Å². The summed E-state index contributed by atoms with van der Waals surface area (Å²) < 4.78 is 36.5. The van der Waals surface area contributed by atoms with E-state index in [-0.39, 0.29) is 17.1 Å². The number of nitrogens with two attached hydrogens (primary N) is 1. The first kappa shape index (κ1) is 13.9. The summed E-state index contributed by atoms with van der Waals surface area (Å²) in [5.74, 6) is -2.50. The van der Waals surface area contributed by atoms with Crippen molar-refractivity contribution in [3.8, 4) is 6.07 Å². The molecule has 0 heterocycles. The average Bonchev–Trinajstić information content (AvgIpc) is 2.24. The van der Waals surface area contributed by atoms with Crippen molar-refractivity contribution in [2.45, 2.75) is 4.90 Å². The van der Waals surface area contributed by atoms with Crippen LogP contribution in [0.5, 0.6) is 0 Å². The van der Waals surface area contributed by atoms with E-state index in [4.69, 9.17) is 11.0 Å². The summed E-state index contributed by atoms with van der Waals surface area (Å²) in [5.41, 5.74) is 5.27. The smallest absolute Gasteiger partial charge is 0.236 e. The zero-order valence-corrected chi connectivity index (χ0v) is 10.00. The molecule has 0 aromatic heterocycles. The number of amides is 1. The van der Waals surface area contributed by atoms with Crippen LogP contribution in [-0.2, 0) is 14.6 Å². The molecule has 0 aliphatic heterocycles. The number of hydrogen-bond donors (Lipinski definition) is 2. The number of anilines is 1. The quantitative estimate of drug-likeness (QED) is 0.582. The van der Waals surface area contributed by atoms with Crippen LogP contribution in [0, 0.1) is 17.1 Å². The number of nitriles is 1. The Morgan fingerprint density at radius 2 is 2.11 bits per heavy atom. The zero-order valence-electron chi connectivity index (χ0n) is 9.18. The van der Waals surface area contributed by atoms with Crippen molar-refractivity contribution < 1.29 is 17.6 Å². The molecule has 0 unspecified atom stereocenters. The third-order valence-electron chi connectivity index (χ3n) is 1.94. The molecule has 0 aliphatic carbocycles. The molecule has 18 heavy (non-hydrogen) atoms. The highest BCUT2D eigenvalue weighted by molar-refractivity contribution is 7.92. The maximum Gasteiger partial charge on any atom is 0.236 e. The molecule has 0 fully saturated rings. The van der Waals surface area contributed by atoms with E-state index in [1.54, 1.807) is 6.07 Å².